The zero-order valence-corrected chi connectivity index (χ0v) is 16.0. The quantitative estimate of drug-likeness (QED) is 0.590. The smallest absolute Gasteiger partial charge is 0.497 e. The summed E-state index contributed by atoms with van der Waals surface area (Å²) in [6, 6.07) is 12.5. The highest BCUT2D eigenvalue weighted by molar-refractivity contribution is 6.03. The number of aryl methyl sites for hydroxylation is 2. The van der Waals surface area contributed by atoms with E-state index in [9.17, 15) is 9.59 Å². The number of rotatable bonds is 7. The van der Waals surface area contributed by atoms with Crippen LogP contribution in [0.2, 0.25) is 0 Å². The van der Waals surface area contributed by atoms with Crippen LogP contribution in [0.1, 0.15) is 21.6 Å². The highest BCUT2D eigenvalue weighted by atomic mass is 16.7. The van der Waals surface area contributed by atoms with Gasteiger partial charge in [0.25, 0.3) is 5.91 Å². The molecule has 2 heterocycles. The van der Waals surface area contributed by atoms with Crippen molar-refractivity contribution in [3.8, 4) is 11.6 Å². The Morgan fingerprint density at radius 2 is 1.97 bits per heavy atom. The Labute approximate surface area is 167 Å². The van der Waals surface area contributed by atoms with E-state index in [1.54, 1.807) is 13.2 Å². The van der Waals surface area contributed by atoms with Gasteiger partial charge in [0.05, 0.1) is 25.5 Å². The Hall–Kier alpha value is -3.88. The standard InChI is InChI=1S/C20H20N4O5/c1-27-16-5-3-4-13(10-16)6-8-15-11-17(24-23-15)22-19(25)14-7-9-18(21-12-14)29-20(26)28-2/h3-5,7,9-12H,6,8H2,1-2H3,(H2,22,23,24,25). The van der Waals surface area contributed by atoms with Crippen LogP contribution < -0.4 is 14.8 Å². The average molecular weight is 396 g/mol. The average Bonchev–Trinajstić information content (AvgIpc) is 3.20. The summed E-state index contributed by atoms with van der Waals surface area (Å²) in [4.78, 5) is 27.2. The Kier molecular flexibility index (Phi) is 6.41. The van der Waals surface area contributed by atoms with Crippen molar-refractivity contribution in [3.05, 3.63) is 65.5 Å². The van der Waals surface area contributed by atoms with Crippen LogP contribution in [0.3, 0.4) is 0 Å². The molecule has 9 heteroatoms. The number of carbonyl (C=O) groups excluding carboxylic acids is 2. The Morgan fingerprint density at radius 1 is 1.10 bits per heavy atom. The molecule has 0 atom stereocenters. The van der Waals surface area contributed by atoms with E-state index in [1.165, 1.54) is 25.4 Å². The van der Waals surface area contributed by atoms with Gasteiger partial charge in [-0.2, -0.15) is 5.10 Å². The van der Waals surface area contributed by atoms with E-state index in [1.807, 2.05) is 24.3 Å². The minimum Gasteiger partial charge on any atom is -0.497 e. The van der Waals surface area contributed by atoms with Crippen molar-refractivity contribution < 1.29 is 23.8 Å². The predicted octanol–water partition coefficient (Wildman–Crippen LogP) is 3.00. The van der Waals surface area contributed by atoms with E-state index in [0.717, 1.165) is 23.4 Å². The fraction of sp³-hybridized carbons (Fsp3) is 0.200. The number of methoxy groups -OCH3 is 2. The highest BCUT2D eigenvalue weighted by Gasteiger charge is 2.11. The summed E-state index contributed by atoms with van der Waals surface area (Å²) < 4.78 is 14.4. The van der Waals surface area contributed by atoms with E-state index in [-0.39, 0.29) is 11.8 Å². The van der Waals surface area contributed by atoms with Crippen molar-refractivity contribution in [1.82, 2.24) is 15.2 Å². The first-order valence-electron chi connectivity index (χ1n) is 8.78. The molecule has 1 amide bonds. The Bertz CT molecular complexity index is 985. The van der Waals surface area contributed by atoms with Gasteiger partial charge in [0.15, 0.2) is 0 Å². The molecule has 0 unspecified atom stereocenters. The summed E-state index contributed by atoms with van der Waals surface area (Å²) in [7, 11) is 2.83. The molecular formula is C20H20N4O5. The van der Waals surface area contributed by atoms with Crippen molar-refractivity contribution in [2.24, 2.45) is 0 Å². The molecule has 1 aromatic carbocycles. The first-order valence-corrected chi connectivity index (χ1v) is 8.78. The van der Waals surface area contributed by atoms with Crippen LogP contribution in [-0.2, 0) is 17.6 Å². The second-order valence-corrected chi connectivity index (χ2v) is 6.02. The number of hydrogen-bond acceptors (Lipinski definition) is 7. The minimum atomic E-state index is -0.881. The Morgan fingerprint density at radius 3 is 2.69 bits per heavy atom. The lowest BCUT2D eigenvalue weighted by atomic mass is 10.1. The van der Waals surface area contributed by atoms with Crippen molar-refractivity contribution in [3.63, 3.8) is 0 Å². The molecule has 0 radical (unpaired) electrons. The monoisotopic (exact) mass is 396 g/mol. The van der Waals surface area contributed by atoms with Gasteiger partial charge in [0.2, 0.25) is 5.88 Å². The van der Waals surface area contributed by atoms with Gasteiger partial charge in [-0.3, -0.25) is 9.89 Å². The molecule has 0 aliphatic carbocycles. The van der Waals surface area contributed by atoms with Crippen LogP contribution in [0.5, 0.6) is 11.6 Å². The summed E-state index contributed by atoms with van der Waals surface area (Å²) in [5, 5.41) is 9.73. The van der Waals surface area contributed by atoms with Gasteiger partial charge < -0.3 is 19.5 Å². The first kappa shape index (κ1) is 19.9. The van der Waals surface area contributed by atoms with Crippen LogP contribution >= 0.6 is 0 Å². The highest BCUT2D eigenvalue weighted by Crippen LogP contribution is 2.16. The summed E-state index contributed by atoms with van der Waals surface area (Å²) in [5.74, 6) is 0.958. The van der Waals surface area contributed by atoms with Gasteiger partial charge in [-0.15, -0.1) is 0 Å². The number of nitrogens with one attached hydrogen (secondary N) is 2. The molecule has 0 aliphatic heterocycles. The van der Waals surface area contributed by atoms with E-state index in [4.69, 9.17) is 9.47 Å². The normalized spacial score (nSPS) is 10.3. The zero-order valence-electron chi connectivity index (χ0n) is 16.0. The third kappa shape index (κ3) is 5.55. The molecule has 9 nitrogen and oxygen atoms in total. The minimum absolute atomic E-state index is 0.0368. The molecule has 0 fully saturated rings. The maximum atomic E-state index is 12.3. The van der Waals surface area contributed by atoms with Crippen LogP contribution in [-0.4, -0.2) is 41.5 Å². The second kappa shape index (κ2) is 9.36. The molecule has 29 heavy (non-hydrogen) atoms. The summed E-state index contributed by atoms with van der Waals surface area (Å²) in [6.07, 6.45) is 1.92. The maximum Gasteiger partial charge on any atom is 0.514 e. The SMILES string of the molecule is COC(=O)Oc1ccc(C(=O)Nc2cc(CCc3cccc(OC)c3)n[nH]2)cn1. The van der Waals surface area contributed by atoms with E-state index >= 15 is 0 Å². The number of aromatic amines is 1. The predicted molar refractivity (Wildman–Crippen MR) is 104 cm³/mol. The van der Waals surface area contributed by atoms with E-state index in [2.05, 4.69) is 25.2 Å². The number of aromatic nitrogens is 3. The molecule has 0 saturated heterocycles. The molecule has 2 N–H and O–H groups in total. The van der Waals surface area contributed by atoms with Crippen LogP contribution in [0.15, 0.2) is 48.7 Å². The van der Waals surface area contributed by atoms with E-state index < -0.39 is 6.16 Å². The molecule has 0 bridgehead atoms. The van der Waals surface area contributed by atoms with Crippen molar-refractivity contribution in [1.29, 1.82) is 0 Å². The number of ether oxygens (including phenoxy) is 3. The molecule has 3 rings (SSSR count). The lowest BCUT2D eigenvalue weighted by Crippen LogP contribution is -2.13. The number of benzene rings is 1. The van der Waals surface area contributed by atoms with Gasteiger partial charge in [0, 0.05) is 18.3 Å². The second-order valence-electron chi connectivity index (χ2n) is 6.02. The topological polar surface area (TPSA) is 115 Å². The van der Waals surface area contributed by atoms with Gasteiger partial charge in [-0.25, -0.2) is 9.78 Å². The number of nitrogens with zero attached hydrogens (tertiary/aromatic N) is 2. The van der Waals surface area contributed by atoms with E-state index in [0.29, 0.717) is 17.8 Å². The van der Waals surface area contributed by atoms with Crippen molar-refractivity contribution in [2.45, 2.75) is 12.8 Å². The fourth-order valence-corrected chi connectivity index (χ4v) is 2.55. The molecule has 0 spiro atoms. The lowest BCUT2D eigenvalue weighted by Gasteiger charge is -2.04. The number of pyridine rings is 1. The third-order valence-electron chi connectivity index (χ3n) is 4.04. The summed E-state index contributed by atoms with van der Waals surface area (Å²) in [6.45, 7) is 0. The lowest BCUT2D eigenvalue weighted by molar-refractivity contribution is 0.102. The van der Waals surface area contributed by atoms with Crippen molar-refractivity contribution >= 4 is 17.9 Å². The van der Waals surface area contributed by atoms with Crippen LogP contribution in [0.25, 0.3) is 0 Å². The van der Waals surface area contributed by atoms with Crippen LogP contribution in [0.4, 0.5) is 10.6 Å². The number of hydrogen-bond donors (Lipinski definition) is 2. The van der Waals surface area contributed by atoms with Crippen molar-refractivity contribution in [2.75, 3.05) is 19.5 Å². The third-order valence-corrected chi connectivity index (χ3v) is 4.04. The molecular weight excluding hydrogens is 376 g/mol. The molecule has 3 aromatic rings. The summed E-state index contributed by atoms with van der Waals surface area (Å²) in [5.41, 5.74) is 2.26. The zero-order chi connectivity index (χ0) is 20.6. The molecule has 0 aliphatic rings. The number of H-pyrrole nitrogens is 1. The fourth-order valence-electron chi connectivity index (χ4n) is 2.55. The number of anilines is 1. The maximum absolute atomic E-state index is 12.3. The van der Waals surface area contributed by atoms with Gasteiger partial charge in [-0.1, -0.05) is 12.1 Å². The van der Waals surface area contributed by atoms with Crippen LogP contribution in [0, 0.1) is 0 Å². The Balaban J connectivity index is 1.55. The largest absolute Gasteiger partial charge is 0.514 e. The molecule has 0 saturated carbocycles. The first-order chi connectivity index (χ1) is 14.1. The van der Waals surface area contributed by atoms with Gasteiger partial charge in [-0.05, 0) is 36.6 Å². The van der Waals surface area contributed by atoms with Gasteiger partial charge >= 0.3 is 6.16 Å². The summed E-state index contributed by atoms with van der Waals surface area (Å²) >= 11 is 0. The molecule has 2 aromatic heterocycles. The number of carbonyl (C=O) groups is 2. The molecule has 150 valence electrons. The van der Waals surface area contributed by atoms with Gasteiger partial charge in [0.1, 0.15) is 11.6 Å². The number of amides is 1.